The summed E-state index contributed by atoms with van der Waals surface area (Å²) < 4.78 is 5.25. The van der Waals surface area contributed by atoms with E-state index >= 15 is 0 Å². The molecule has 1 aromatic carbocycles. The average Bonchev–Trinajstić information content (AvgIpc) is 2.75. The summed E-state index contributed by atoms with van der Waals surface area (Å²) in [5.74, 6) is 4.95. The van der Waals surface area contributed by atoms with E-state index in [4.69, 9.17) is 17.6 Å². The fraction of sp³-hybridized carbons (Fsp3) is 0.125. The minimum absolute atomic E-state index is 0.0130. The maximum absolute atomic E-state index is 12.0. The number of nitrogens with zero attached hydrogens (tertiary/aromatic N) is 1. The molecule has 1 heterocycles. The molecule has 104 valence electrons. The highest BCUT2D eigenvalue weighted by Gasteiger charge is 2.34. The quantitative estimate of drug-likeness (QED) is 0.632. The van der Waals surface area contributed by atoms with Crippen molar-refractivity contribution in [3.8, 4) is 30.4 Å². The molecule has 1 aliphatic heterocycles. The minimum atomic E-state index is -0.365. The van der Waals surface area contributed by atoms with Crippen LogP contribution in [-0.2, 0) is 4.79 Å². The molecule has 1 aliphatic rings. The van der Waals surface area contributed by atoms with Gasteiger partial charge in [-0.1, -0.05) is 24.0 Å². The summed E-state index contributed by atoms with van der Waals surface area (Å²) in [6.45, 7) is 0.186. The minimum Gasteiger partial charge on any atom is -0.481 e. The zero-order valence-electron chi connectivity index (χ0n) is 11.0. The van der Waals surface area contributed by atoms with Gasteiger partial charge in [0.2, 0.25) is 0 Å². The molecule has 1 aromatic rings. The van der Waals surface area contributed by atoms with Crippen LogP contribution in [-0.4, -0.2) is 29.2 Å². The van der Waals surface area contributed by atoms with Crippen LogP contribution < -0.4 is 4.74 Å². The predicted molar refractivity (Wildman–Crippen MR) is 82.3 cm³/mol. The van der Waals surface area contributed by atoms with E-state index in [0.717, 1.165) is 22.2 Å². The molecule has 0 bridgehead atoms. The smallest absolute Gasteiger partial charge is 0.294 e. The first-order chi connectivity index (χ1) is 10.2. The Morgan fingerprint density at radius 2 is 1.90 bits per heavy atom. The van der Waals surface area contributed by atoms with Crippen molar-refractivity contribution in [2.45, 2.75) is 0 Å². The van der Waals surface area contributed by atoms with E-state index in [9.17, 15) is 9.59 Å². The lowest BCUT2D eigenvalue weighted by molar-refractivity contribution is -0.122. The van der Waals surface area contributed by atoms with E-state index in [0.29, 0.717) is 10.7 Å². The molecule has 0 radical (unpaired) electrons. The van der Waals surface area contributed by atoms with Crippen molar-refractivity contribution < 1.29 is 14.3 Å². The lowest BCUT2D eigenvalue weighted by atomic mass is 10.2. The number of carbonyl (C=O) groups is 2. The molecule has 1 saturated heterocycles. The Morgan fingerprint density at radius 3 is 2.52 bits per heavy atom. The van der Waals surface area contributed by atoms with Crippen LogP contribution in [0, 0.1) is 24.7 Å². The zero-order valence-corrected chi connectivity index (χ0v) is 11.9. The molecule has 4 nitrogen and oxygen atoms in total. The highest BCUT2D eigenvalue weighted by molar-refractivity contribution is 8.18. The number of thioether (sulfide) groups is 1. The number of terminal acetylenes is 2. The van der Waals surface area contributed by atoms with Crippen molar-refractivity contribution in [1.82, 2.24) is 4.90 Å². The molecular formula is C16H11NO3S. The molecule has 0 atom stereocenters. The van der Waals surface area contributed by atoms with Gasteiger partial charge >= 0.3 is 0 Å². The Bertz CT molecular complexity index is 677. The van der Waals surface area contributed by atoms with Gasteiger partial charge < -0.3 is 4.74 Å². The summed E-state index contributed by atoms with van der Waals surface area (Å²) >= 11 is 0.880. The highest BCUT2D eigenvalue weighted by atomic mass is 32.2. The van der Waals surface area contributed by atoms with Gasteiger partial charge in [0.15, 0.2) is 0 Å². The lowest BCUT2D eigenvalue weighted by Gasteiger charge is -2.06. The Kier molecular flexibility index (Phi) is 4.71. The summed E-state index contributed by atoms with van der Waals surface area (Å²) in [7, 11) is 0. The van der Waals surface area contributed by atoms with E-state index in [1.54, 1.807) is 30.3 Å². The van der Waals surface area contributed by atoms with Crippen LogP contribution in [0.4, 0.5) is 4.79 Å². The first-order valence-electron chi connectivity index (χ1n) is 6.01. The lowest BCUT2D eigenvalue weighted by Crippen LogP contribution is -2.28. The number of rotatable bonds is 4. The molecule has 2 amide bonds. The predicted octanol–water partition coefficient (Wildman–Crippen LogP) is 2.37. The average molecular weight is 297 g/mol. The number of ether oxygens (including phenoxy) is 1. The van der Waals surface area contributed by atoms with E-state index in [1.807, 2.05) is 0 Å². The van der Waals surface area contributed by atoms with Crippen molar-refractivity contribution in [2.24, 2.45) is 0 Å². The Labute approximate surface area is 127 Å². The van der Waals surface area contributed by atoms with Crippen molar-refractivity contribution in [1.29, 1.82) is 0 Å². The SMILES string of the molecule is C#CCOc1ccc(/C=C2/SC(=O)N(CC#C)C2=O)cc1. The number of benzene rings is 1. The van der Waals surface area contributed by atoms with E-state index in [1.165, 1.54) is 0 Å². The highest BCUT2D eigenvalue weighted by Crippen LogP contribution is 2.32. The number of carbonyl (C=O) groups excluding carboxylic acids is 2. The molecule has 0 aromatic heterocycles. The van der Waals surface area contributed by atoms with Gasteiger partial charge in [-0.05, 0) is 35.5 Å². The van der Waals surface area contributed by atoms with Crippen LogP contribution in [0.5, 0.6) is 5.75 Å². The third kappa shape index (κ3) is 3.47. The number of hydrogen-bond acceptors (Lipinski definition) is 4. The second kappa shape index (κ2) is 6.69. The molecule has 0 saturated carbocycles. The number of hydrogen-bond donors (Lipinski definition) is 0. The van der Waals surface area contributed by atoms with E-state index in [-0.39, 0.29) is 24.3 Å². The molecule has 21 heavy (non-hydrogen) atoms. The van der Waals surface area contributed by atoms with Gasteiger partial charge in [0, 0.05) is 0 Å². The maximum Gasteiger partial charge on any atom is 0.294 e. The molecule has 1 fully saturated rings. The van der Waals surface area contributed by atoms with E-state index < -0.39 is 0 Å². The van der Waals surface area contributed by atoms with Gasteiger partial charge in [-0.3, -0.25) is 14.5 Å². The summed E-state index contributed by atoms with van der Waals surface area (Å²) in [4.78, 5) is 25.0. The normalized spacial score (nSPS) is 15.9. The number of imide groups is 1. The second-order valence-corrected chi connectivity index (χ2v) is 5.03. The summed E-state index contributed by atoms with van der Waals surface area (Å²) in [6, 6.07) is 7.05. The Hall–Kier alpha value is -2.63. The molecule has 0 aliphatic carbocycles. The largest absolute Gasteiger partial charge is 0.481 e. The topological polar surface area (TPSA) is 46.6 Å². The standard InChI is InChI=1S/C16H11NO3S/c1-3-9-17-15(18)14(21-16(17)19)11-12-5-7-13(8-6-12)20-10-4-2/h1-2,5-8,11H,9-10H2/b14-11+. The molecule has 5 heteroatoms. The summed E-state index contributed by atoms with van der Waals surface area (Å²) in [5.41, 5.74) is 0.786. The van der Waals surface area contributed by atoms with Gasteiger partial charge in [-0.2, -0.15) is 0 Å². The second-order valence-electron chi connectivity index (χ2n) is 4.03. The van der Waals surface area contributed by atoms with Gasteiger partial charge in [0.1, 0.15) is 12.4 Å². The van der Waals surface area contributed by atoms with Crippen LogP contribution in [0.25, 0.3) is 6.08 Å². The van der Waals surface area contributed by atoms with E-state index in [2.05, 4.69) is 11.8 Å². The van der Waals surface area contributed by atoms with Gasteiger partial charge in [0.05, 0.1) is 11.4 Å². The summed E-state index contributed by atoms with van der Waals surface area (Å²) in [5, 5.41) is -0.349. The first kappa shape index (κ1) is 14.8. The third-order valence-electron chi connectivity index (χ3n) is 2.62. The van der Waals surface area contributed by atoms with Gasteiger partial charge in [0.25, 0.3) is 11.1 Å². The van der Waals surface area contributed by atoms with Crippen LogP contribution in [0.15, 0.2) is 29.2 Å². The van der Waals surface area contributed by atoms with Crippen LogP contribution in [0.1, 0.15) is 5.56 Å². The van der Waals surface area contributed by atoms with Crippen molar-refractivity contribution in [3.63, 3.8) is 0 Å². The Balaban J connectivity index is 2.14. The maximum atomic E-state index is 12.0. The van der Waals surface area contributed by atoms with Crippen molar-refractivity contribution >= 4 is 29.0 Å². The monoisotopic (exact) mass is 297 g/mol. The zero-order chi connectivity index (χ0) is 15.2. The van der Waals surface area contributed by atoms with Gasteiger partial charge in [-0.25, -0.2) is 0 Å². The van der Waals surface area contributed by atoms with Crippen molar-refractivity contribution in [2.75, 3.05) is 13.2 Å². The number of amides is 2. The molecular weight excluding hydrogens is 286 g/mol. The first-order valence-corrected chi connectivity index (χ1v) is 6.82. The Morgan fingerprint density at radius 1 is 1.19 bits per heavy atom. The van der Waals surface area contributed by atoms with Gasteiger partial charge in [-0.15, -0.1) is 12.8 Å². The molecule has 0 N–H and O–H groups in total. The van der Waals surface area contributed by atoms with Crippen LogP contribution >= 0.6 is 11.8 Å². The molecule has 0 unspecified atom stereocenters. The summed E-state index contributed by atoms with van der Waals surface area (Å²) in [6.07, 6.45) is 11.9. The van der Waals surface area contributed by atoms with Crippen LogP contribution in [0.3, 0.4) is 0 Å². The third-order valence-corrected chi connectivity index (χ3v) is 3.53. The van der Waals surface area contributed by atoms with Crippen molar-refractivity contribution in [3.05, 3.63) is 34.7 Å². The molecule has 0 spiro atoms. The molecule has 2 rings (SSSR count). The fourth-order valence-electron chi connectivity index (χ4n) is 1.66. The van der Waals surface area contributed by atoms with Crippen LogP contribution in [0.2, 0.25) is 0 Å². The fourth-order valence-corrected chi connectivity index (χ4v) is 2.50.